The Morgan fingerprint density at radius 1 is 0.912 bits per heavy atom. The fourth-order valence-electron chi connectivity index (χ4n) is 4.60. The van der Waals surface area contributed by atoms with Gasteiger partial charge < -0.3 is 14.7 Å². The second kappa shape index (κ2) is 9.44. The lowest BCUT2D eigenvalue weighted by Crippen LogP contribution is -2.32. The number of hydrogen-bond donors (Lipinski definition) is 1. The Hall–Kier alpha value is -4.05. The number of hydrogen-bond acceptors (Lipinski definition) is 3. The molecular formula is C30H27NO3. The summed E-state index contributed by atoms with van der Waals surface area (Å²) in [4.78, 5) is 13.6. The minimum absolute atomic E-state index is 0.292. The third-order valence-electron chi connectivity index (χ3n) is 6.56. The van der Waals surface area contributed by atoms with Gasteiger partial charge in [0, 0.05) is 12.5 Å². The smallest absolute Gasteiger partial charge is 0.335 e. The Labute approximate surface area is 200 Å². The minimum Gasteiger partial charge on any atom is -0.490 e. The van der Waals surface area contributed by atoms with Gasteiger partial charge in [0.25, 0.3) is 0 Å². The summed E-state index contributed by atoms with van der Waals surface area (Å²) >= 11 is 0. The zero-order chi connectivity index (χ0) is 23.5. The minimum atomic E-state index is -0.911. The average molecular weight is 450 g/mol. The standard InChI is InChI=1S/C30H27NO3/c1-21(22-7-3-2-4-8-22)25-15-16-28-29(19-25)34-18-17-31(28)20-26-9-5-6-10-27(26)23-11-13-24(14-12-23)30(32)33/h2-16,19,21H,17-18,20H2,1H3,(H,32,33)/t21-/m0/s1. The van der Waals surface area contributed by atoms with Crippen molar-refractivity contribution in [3.63, 3.8) is 0 Å². The van der Waals surface area contributed by atoms with E-state index in [1.54, 1.807) is 12.1 Å². The van der Waals surface area contributed by atoms with Crippen LogP contribution in [0.25, 0.3) is 11.1 Å². The van der Waals surface area contributed by atoms with Gasteiger partial charge in [-0.25, -0.2) is 4.79 Å². The van der Waals surface area contributed by atoms with Gasteiger partial charge in [0.2, 0.25) is 0 Å². The second-order valence-electron chi connectivity index (χ2n) is 8.67. The molecule has 0 saturated carbocycles. The van der Waals surface area contributed by atoms with Gasteiger partial charge >= 0.3 is 5.97 Å². The Morgan fingerprint density at radius 2 is 1.65 bits per heavy atom. The zero-order valence-electron chi connectivity index (χ0n) is 19.1. The third-order valence-corrected chi connectivity index (χ3v) is 6.56. The van der Waals surface area contributed by atoms with Gasteiger partial charge in [0.05, 0.1) is 17.8 Å². The molecule has 1 heterocycles. The Balaban J connectivity index is 1.42. The van der Waals surface area contributed by atoms with Crippen LogP contribution < -0.4 is 9.64 Å². The van der Waals surface area contributed by atoms with Crippen molar-refractivity contribution < 1.29 is 14.6 Å². The quantitative estimate of drug-likeness (QED) is 0.360. The predicted octanol–water partition coefficient (Wildman–Crippen LogP) is 6.60. The summed E-state index contributed by atoms with van der Waals surface area (Å²) in [6, 6.07) is 32.5. The summed E-state index contributed by atoms with van der Waals surface area (Å²) in [5, 5.41) is 9.21. The molecule has 0 bridgehead atoms. The number of rotatable bonds is 6. The molecule has 0 radical (unpaired) electrons. The van der Waals surface area contributed by atoms with Crippen LogP contribution in [0, 0.1) is 0 Å². The Morgan fingerprint density at radius 3 is 2.41 bits per heavy atom. The number of benzene rings is 4. The van der Waals surface area contributed by atoms with E-state index in [0.29, 0.717) is 18.1 Å². The summed E-state index contributed by atoms with van der Waals surface area (Å²) < 4.78 is 6.07. The van der Waals surface area contributed by atoms with E-state index in [-0.39, 0.29) is 0 Å². The number of nitrogens with zero attached hydrogens (tertiary/aromatic N) is 1. The molecule has 0 aromatic heterocycles. The average Bonchev–Trinajstić information content (AvgIpc) is 2.89. The highest BCUT2D eigenvalue weighted by Gasteiger charge is 2.21. The maximum Gasteiger partial charge on any atom is 0.335 e. The summed E-state index contributed by atoms with van der Waals surface area (Å²) in [5.74, 6) is 0.306. The number of fused-ring (bicyclic) bond motifs is 1. The lowest BCUT2D eigenvalue weighted by atomic mass is 9.92. The van der Waals surface area contributed by atoms with Crippen molar-refractivity contribution in [3.8, 4) is 16.9 Å². The van der Waals surface area contributed by atoms with Crippen LogP contribution in [-0.4, -0.2) is 24.2 Å². The lowest BCUT2D eigenvalue weighted by Gasteiger charge is -2.32. The Bertz CT molecular complexity index is 1300. The van der Waals surface area contributed by atoms with Crippen LogP contribution in [-0.2, 0) is 6.54 Å². The summed E-state index contributed by atoms with van der Waals surface area (Å²) in [5.41, 5.74) is 7.25. The van der Waals surface area contributed by atoms with Gasteiger partial charge in [-0.2, -0.15) is 0 Å². The van der Waals surface area contributed by atoms with Crippen molar-refractivity contribution in [2.24, 2.45) is 0 Å². The van der Waals surface area contributed by atoms with Crippen molar-refractivity contribution in [2.45, 2.75) is 19.4 Å². The SMILES string of the molecule is C[C@@H](c1ccccc1)c1ccc2c(c1)OCCN2Cc1ccccc1-c1ccc(C(=O)O)cc1. The molecule has 4 nitrogen and oxygen atoms in total. The maximum absolute atomic E-state index is 11.2. The fourth-order valence-corrected chi connectivity index (χ4v) is 4.60. The first-order chi connectivity index (χ1) is 16.6. The van der Waals surface area contributed by atoms with Gasteiger partial charge in [-0.15, -0.1) is 0 Å². The van der Waals surface area contributed by atoms with Crippen molar-refractivity contribution in [3.05, 3.63) is 119 Å². The normalized spacial score (nSPS) is 13.6. The molecule has 5 rings (SSSR count). The van der Waals surface area contributed by atoms with E-state index in [2.05, 4.69) is 72.5 Å². The molecule has 0 unspecified atom stereocenters. The highest BCUT2D eigenvalue weighted by Crippen LogP contribution is 2.37. The summed E-state index contributed by atoms with van der Waals surface area (Å²) in [6.07, 6.45) is 0. The van der Waals surface area contributed by atoms with E-state index in [0.717, 1.165) is 35.7 Å². The molecular weight excluding hydrogens is 422 g/mol. The van der Waals surface area contributed by atoms with Crippen molar-refractivity contribution in [2.75, 3.05) is 18.1 Å². The third kappa shape index (κ3) is 4.40. The van der Waals surface area contributed by atoms with Crippen molar-refractivity contribution in [1.29, 1.82) is 0 Å². The molecule has 4 aromatic rings. The molecule has 4 aromatic carbocycles. The number of carboxylic acids is 1. The molecule has 4 heteroatoms. The van der Waals surface area contributed by atoms with Crippen LogP contribution in [0.1, 0.15) is 39.9 Å². The molecule has 170 valence electrons. The fraction of sp³-hybridized carbons (Fsp3) is 0.167. The van der Waals surface area contributed by atoms with Gasteiger partial charge in [0.1, 0.15) is 12.4 Å². The largest absolute Gasteiger partial charge is 0.490 e. The van der Waals surface area contributed by atoms with Crippen LogP contribution >= 0.6 is 0 Å². The molecule has 34 heavy (non-hydrogen) atoms. The number of ether oxygens (including phenoxy) is 1. The van der Waals surface area contributed by atoms with Crippen LogP contribution in [0.2, 0.25) is 0 Å². The summed E-state index contributed by atoms with van der Waals surface area (Å²) in [6.45, 7) is 4.43. The number of aromatic carboxylic acids is 1. The lowest BCUT2D eigenvalue weighted by molar-refractivity contribution is 0.0697. The van der Waals surface area contributed by atoms with E-state index >= 15 is 0 Å². The first-order valence-electron chi connectivity index (χ1n) is 11.6. The maximum atomic E-state index is 11.2. The molecule has 0 saturated heterocycles. The van der Waals surface area contributed by atoms with Crippen LogP contribution in [0.3, 0.4) is 0 Å². The molecule has 0 spiro atoms. The molecule has 1 N–H and O–H groups in total. The van der Waals surface area contributed by atoms with Crippen LogP contribution in [0.5, 0.6) is 5.75 Å². The predicted molar refractivity (Wildman–Crippen MR) is 136 cm³/mol. The van der Waals surface area contributed by atoms with Crippen molar-refractivity contribution >= 4 is 11.7 Å². The monoisotopic (exact) mass is 449 g/mol. The first kappa shape index (κ1) is 21.8. The molecule has 0 amide bonds. The molecule has 1 aliphatic heterocycles. The molecule has 0 aliphatic carbocycles. The van der Waals surface area contributed by atoms with E-state index in [9.17, 15) is 9.90 Å². The Kier molecular flexibility index (Phi) is 6.05. The van der Waals surface area contributed by atoms with Gasteiger partial charge in [-0.1, -0.05) is 79.7 Å². The van der Waals surface area contributed by atoms with Crippen LogP contribution in [0.15, 0.2) is 97.1 Å². The van der Waals surface area contributed by atoms with Crippen molar-refractivity contribution in [1.82, 2.24) is 0 Å². The first-order valence-corrected chi connectivity index (χ1v) is 11.6. The van der Waals surface area contributed by atoms with Gasteiger partial charge in [0.15, 0.2) is 0 Å². The second-order valence-corrected chi connectivity index (χ2v) is 8.67. The number of carboxylic acid groups (broad SMARTS) is 1. The number of anilines is 1. The highest BCUT2D eigenvalue weighted by molar-refractivity contribution is 5.88. The molecule has 1 aliphatic rings. The van der Waals surface area contributed by atoms with E-state index in [1.165, 1.54) is 16.7 Å². The number of carbonyl (C=O) groups is 1. The topological polar surface area (TPSA) is 49.8 Å². The highest BCUT2D eigenvalue weighted by atomic mass is 16.5. The van der Waals surface area contributed by atoms with E-state index in [4.69, 9.17) is 4.74 Å². The zero-order valence-corrected chi connectivity index (χ0v) is 19.1. The molecule has 1 atom stereocenters. The molecule has 0 fully saturated rings. The van der Waals surface area contributed by atoms with E-state index in [1.807, 2.05) is 24.3 Å². The summed E-state index contributed by atoms with van der Waals surface area (Å²) in [7, 11) is 0. The van der Waals surface area contributed by atoms with E-state index < -0.39 is 5.97 Å². The van der Waals surface area contributed by atoms with Gasteiger partial charge in [-0.3, -0.25) is 0 Å². The van der Waals surface area contributed by atoms with Gasteiger partial charge in [-0.05, 0) is 52.1 Å². The van der Waals surface area contributed by atoms with Crippen LogP contribution in [0.4, 0.5) is 5.69 Å².